The second-order valence-electron chi connectivity index (χ2n) is 9.94. The summed E-state index contributed by atoms with van der Waals surface area (Å²) < 4.78 is 17.4. The van der Waals surface area contributed by atoms with Gasteiger partial charge in [0.1, 0.15) is 17.3 Å². The molecule has 2 aliphatic rings. The lowest BCUT2D eigenvalue weighted by molar-refractivity contribution is -0.114. The van der Waals surface area contributed by atoms with Crippen LogP contribution in [0.15, 0.2) is 65.9 Å². The number of ether oxygens (including phenoxy) is 3. The van der Waals surface area contributed by atoms with Crippen molar-refractivity contribution in [3.8, 4) is 22.9 Å². The van der Waals surface area contributed by atoms with Crippen LogP contribution in [0.3, 0.4) is 0 Å². The fraction of sp³-hybridized carbons (Fsp3) is 0.387. The summed E-state index contributed by atoms with van der Waals surface area (Å²) in [6.45, 7) is 10.8. The third kappa shape index (κ3) is 6.64. The summed E-state index contributed by atoms with van der Waals surface area (Å²) >= 11 is 0. The maximum atomic E-state index is 12.0. The highest BCUT2D eigenvalue weighted by Crippen LogP contribution is 2.31. The number of carbonyl (C=O) groups excluding carboxylic acids is 1. The molecule has 0 saturated carbocycles. The highest BCUT2D eigenvalue weighted by Gasteiger charge is 2.18. The molecule has 1 saturated heterocycles. The lowest BCUT2D eigenvalue weighted by Crippen LogP contribution is -2.44. The molecule has 0 bridgehead atoms. The first-order valence-electron chi connectivity index (χ1n) is 13.7. The van der Waals surface area contributed by atoms with Crippen LogP contribution in [0.4, 0.5) is 5.82 Å². The van der Waals surface area contributed by atoms with E-state index < -0.39 is 0 Å². The molecule has 1 aliphatic carbocycles. The Hall–Kier alpha value is -3.75. The van der Waals surface area contributed by atoms with E-state index in [0.29, 0.717) is 37.3 Å². The number of rotatable bonds is 10. The first-order chi connectivity index (χ1) is 19.0. The Balaban J connectivity index is 1.37. The molecule has 1 unspecified atom stereocenters. The molecule has 8 nitrogen and oxygen atoms in total. The molecule has 8 heteroatoms. The molecule has 0 amide bonds. The smallest absolute Gasteiger partial charge is 0.162 e. The van der Waals surface area contributed by atoms with Crippen molar-refractivity contribution >= 4 is 22.5 Å². The number of benzene rings is 2. The van der Waals surface area contributed by atoms with Gasteiger partial charge in [0.05, 0.1) is 31.9 Å². The molecule has 204 valence electrons. The molecule has 1 aromatic heterocycles. The zero-order valence-electron chi connectivity index (χ0n) is 22.9. The number of hydrogen-bond acceptors (Lipinski definition) is 8. The Morgan fingerprint density at radius 3 is 2.82 bits per heavy atom. The first kappa shape index (κ1) is 26.8. The lowest BCUT2D eigenvalue weighted by atomic mass is 10.0. The van der Waals surface area contributed by atoms with Gasteiger partial charge in [-0.05, 0) is 69.2 Å². The molecule has 3 aromatic rings. The Morgan fingerprint density at radius 1 is 1.13 bits per heavy atom. The van der Waals surface area contributed by atoms with Gasteiger partial charge in [-0.3, -0.25) is 9.69 Å². The molecule has 1 atom stereocenters. The standard InChI is InChI=1S/C31H36N4O4/c1-4-38-26-10-11-28-27(19-26)31(32-24-9-12-29(36)21(2)17-24)34-30(33-28)23-7-5-8-25(18-23)39-15-6-13-35-14-16-37-20-22(35)3/h5,7-11,17-19,22H,4,6,12-16,20H2,1-3H3,(H,32,33,34). The molecule has 5 rings (SSSR count). The molecular weight excluding hydrogens is 492 g/mol. The number of anilines is 1. The van der Waals surface area contributed by atoms with Crippen molar-refractivity contribution < 1.29 is 19.0 Å². The topological polar surface area (TPSA) is 85.8 Å². The van der Waals surface area contributed by atoms with Crippen molar-refractivity contribution in [3.63, 3.8) is 0 Å². The zero-order chi connectivity index (χ0) is 27.2. The van der Waals surface area contributed by atoms with Crippen LogP contribution in [0.2, 0.25) is 0 Å². The normalized spacial score (nSPS) is 18.0. The fourth-order valence-corrected chi connectivity index (χ4v) is 4.82. The Kier molecular flexibility index (Phi) is 8.54. The van der Waals surface area contributed by atoms with Crippen LogP contribution >= 0.6 is 0 Å². The summed E-state index contributed by atoms with van der Waals surface area (Å²) in [4.78, 5) is 24.2. The van der Waals surface area contributed by atoms with Gasteiger partial charge in [-0.2, -0.15) is 0 Å². The monoisotopic (exact) mass is 528 g/mol. The van der Waals surface area contributed by atoms with Crippen LogP contribution in [0.25, 0.3) is 22.3 Å². The summed E-state index contributed by atoms with van der Waals surface area (Å²) in [5.74, 6) is 2.93. The van der Waals surface area contributed by atoms with Crippen LogP contribution in [-0.4, -0.2) is 66.2 Å². The largest absolute Gasteiger partial charge is 0.494 e. The van der Waals surface area contributed by atoms with Gasteiger partial charge in [0.2, 0.25) is 0 Å². The van der Waals surface area contributed by atoms with E-state index >= 15 is 0 Å². The minimum absolute atomic E-state index is 0.128. The van der Waals surface area contributed by atoms with Gasteiger partial charge in [0.15, 0.2) is 11.6 Å². The van der Waals surface area contributed by atoms with Crippen LogP contribution < -0.4 is 14.8 Å². The van der Waals surface area contributed by atoms with Crippen LogP contribution in [0.5, 0.6) is 11.5 Å². The van der Waals surface area contributed by atoms with Gasteiger partial charge in [0, 0.05) is 42.2 Å². The van der Waals surface area contributed by atoms with Crippen molar-refractivity contribution in [2.45, 2.75) is 39.7 Å². The second-order valence-corrected chi connectivity index (χ2v) is 9.94. The SMILES string of the molecule is CCOc1ccc2nc(-c3cccc(OCCCN4CCOCC4C)c3)nc(NC3=CCC(=O)C(C)=C3)c2c1. The number of nitrogens with one attached hydrogen (secondary N) is 1. The molecule has 0 radical (unpaired) electrons. The van der Waals surface area contributed by atoms with E-state index in [9.17, 15) is 4.79 Å². The van der Waals surface area contributed by atoms with E-state index in [4.69, 9.17) is 24.2 Å². The molecule has 1 aliphatic heterocycles. The molecule has 2 aromatic carbocycles. The number of morpholine rings is 1. The Bertz CT molecular complexity index is 1400. The highest BCUT2D eigenvalue weighted by molar-refractivity contribution is 5.98. The molecule has 39 heavy (non-hydrogen) atoms. The molecule has 1 N–H and O–H groups in total. The van der Waals surface area contributed by atoms with Gasteiger partial charge < -0.3 is 19.5 Å². The van der Waals surface area contributed by atoms with Gasteiger partial charge in [-0.25, -0.2) is 9.97 Å². The number of ketones is 1. The van der Waals surface area contributed by atoms with E-state index in [1.54, 1.807) is 0 Å². The first-order valence-corrected chi connectivity index (χ1v) is 13.7. The number of carbonyl (C=O) groups is 1. The second kappa shape index (κ2) is 12.4. The van der Waals surface area contributed by atoms with Crippen molar-refractivity contribution in [2.75, 3.05) is 44.8 Å². The van der Waals surface area contributed by atoms with Gasteiger partial charge in [-0.1, -0.05) is 18.2 Å². The minimum atomic E-state index is 0.128. The summed E-state index contributed by atoms with van der Waals surface area (Å²) in [6, 6.07) is 14.2. The van der Waals surface area contributed by atoms with Crippen LogP contribution in [-0.2, 0) is 9.53 Å². The third-order valence-electron chi connectivity index (χ3n) is 7.02. The molecule has 1 fully saturated rings. The average molecular weight is 529 g/mol. The van der Waals surface area contributed by atoms with E-state index in [-0.39, 0.29) is 5.78 Å². The molecule has 0 spiro atoms. The summed E-state index contributed by atoms with van der Waals surface area (Å²) in [7, 11) is 0. The summed E-state index contributed by atoms with van der Waals surface area (Å²) in [6.07, 6.45) is 5.07. The van der Waals surface area contributed by atoms with Crippen molar-refractivity contribution in [3.05, 3.63) is 65.9 Å². The summed E-state index contributed by atoms with van der Waals surface area (Å²) in [5.41, 5.74) is 3.23. The lowest BCUT2D eigenvalue weighted by Gasteiger charge is -2.33. The number of aromatic nitrogens is 2. The quantitative estimate of drug-likeness (QED) is 0.350. The number of fused-ring (bicyclic) bond motifs is 1. The third-order valence-corrected chi connectivity index (χ3v) is 7.02. The van der Waals surface area contributed by atoms with E-state index in [1.165, 1.54) is 0 Å². The van der Waals surface area contributed by atoms with Crippen molar-refractivity contribution in [1.29, 1.82) is 0 Å². The highest BCUT2D eigenvalue weighted by atomic mass is 16.5. The minimum Gasteiger partial charge on any atom is -0.494 e. The predicted molar refractivity (Wildman–Crippen MR) is 153 cm³/mol. The van der Waals surface area contributed by atoms with Gasteiger partial charge in [-0.15, -0.1) is 0 Å². The van der Waals surface area contributed by atoms with Crippen LogP contribution in [0.1, 0.15) is 33.6 Å². The van der Waals surface area contributed by atoms with E-state index in [2.05, 4.69) is 17.1 Å². The van der Waals surface area contributed by atoms with E-state index in [1.807, 2.05) is 68.5 Å². The summed E-state index contributed by atoms with van der Waals surface area (Å²) in [5, 5.41) is 4.27. The molecular formula is C31H36N4O4. The fourth-order valence-electron chi connectivity index (χ4n) is 4.82. The van der Waals surface area contributed by atoms with Crippen molar-refractivity contribution in [2.24, 2.45) is 0 Å². The van der Waals surface area contributed by atoms with Crippen LogP contribution in [0, 0.1) is 0 Å². The Labute approximate surface area is 229 Å². The maximum Gasteiger partial charge on any atom is 0.162 e. The predicted octanol–water partition coefficient (Wildman–Crippen LogP) is 5.40. The number of nitrogens with zero attached hydrogens (tertiary/aromatic N) is 3. The van der Waals surface area contributed by atoms with E-state index in [0.717, 1.165) is 72.0 Å². The zero-order valence-corrected chi connectivity index (χ0v) is 22.9. The number of allylic oxidation sites excluding steroid dienone is 3. The van der Waals surface area contributed by atoms with Crippen molar-refractivity contribution in [1.82, 2.24) is 14.9 Å². The molecule has 2 heterocycles. The van der Waals surface area contributed by atoms with Gasteiger partial charge >= 0.3 is 0 Å². The maximum absolute atomic E-state index is 12.0. The Morgan fingerprint density at radius 2 is 2.00 bits per heavy atom. The van der Waals surface area contributed by atoms with Gasteiger partial charge in [0.25, 0.3) is 0 Å². The number of hydrogen-bond donors (Lipinski definition) is 1. The average Bonchev–Trinajstić information content (AvgIpc) is 2.94. The number of Topliss-reactive ketones (excluding diaryl/α,β-unsaturated/α-hetero) is 1.